The van der Waals surface area contributed by atoms with Crippen LogP contribution in [0.5, 0.6) is 0 Å². The first-order valence-corrected chi connectivity index (χ1v) is 39.1. The van der Waals surface area contributed by atoms with Crippen LogP contribution in [0.1, 0.15) is 195 Å². The summed E-state index contributed by atoms with van der Waals surface area (Å²) in [6, 6.07) is -11.2. The Bertz CT molecular complexity index is 3160. The molecule has 1 spiro atoms. The second-order valence-corrected chi connectivity index (χ2v) is 31.9. The fraction of sp³-hybridized carbons (Fsp3) is 0.840. The summed E-state index contributed by atoms with van der Waals surface area (Å²) >= 11 is 0. The van der Waals surface area contributed by atoms with E-state index in [0.29, 0.717) is 57.8 Å². The lowest BCUT2D eigenvalue weighted by Gasteiger charge is -2.47. The monoisotopic (exact) mass is 1550 g/mol. The number of nitrogens with one attached hydrogen (secondary N) is 3. The van der Waals surface area contributed by atoms with E-state index >= 15 is 37.5 Å². The van der Waals surface area contributed by atoms with Crippen LogP contribution in [0.25, 0.3) is 0 Å². The number of amides is 12. The van der Waals surface area contributed by atoms with Crippen LogP contribution in [0.15, 0.2) is 0 Å². The Kier molecular flexibility index (Phi) is 31.3. The Hall–Kier alpha value is -6.96. The van der Waals surface area contributed by atoms with E-state index in [1.165, 1.54) is 68.9 Å². The van der Waals surface area contributed by atoms with Crippen LogP contribution in [0.2, 0.25) is 0 Å². The molecule has 33 heteroatoms. The third-order valence-electron chi connectivity index (χ3n) is 24.2. The smallest absolute Gasteiger partial charge is 0.377 e. The minimum absolute atomic E-state index is 0.00569. The highest BCUT2D eigenvalue weighted by molar-refractivity contribution is 6.01. The Morgan fingerprint density at radius 1 is 0.620 bits per heavy atom. The first-order chi connectivity index (χ1) is 50.7. The Morgan fingerprint density at radius 2 is 1.24 bits per heavy atom. The zero-order valence-electron chi connectivity index (χ0n) is 65.1. The molecule has 7 aliphatic rings. The maximum absolute atomic E-state index is 15.8. The molecule has 12 amide bonds. The average Bonchev–Trinajstić information content (AvgIpc) is 1.23. The van der Waals surface area contributed by atoms with E-state index in [9.17, 15) is 55.1 Å². The summed E-state index contributed by atoms with van der Waals surface area (Å²) in [5, 5.41) is 8.41. The summed E-state index contributed by atoms with van der Waals surface area (Å²) in [4.78, 5) is 192. The molecule has 7 fully saturated rings. The van der Waals surface area contributed by atoms with Gasteiger partial charge in [-0.15, -0.1) is 0 Å². The standard InChI is InChI=1S/C75H118F8N12O13/c1-13-34-93-57(67(102)87(6)7)40-59(97)90(10)53(15-3)64(99)85-62(44(5)14-2)70(105)89(9)43-60(98)91(11)54-25-18-17-21-35-94(69(54)104)56(38-45-26-29-48(30-27-45)74(78,79)80)68(103)88(8)42-58(96)84-52(31-28-46-36-50(76)61(51(77)37-46)75(81,82)83)66(101)95-41-49(108-16-4)39-55(95)65(100)86-73(32-22-33-73)72(107)92(12)63(71(93)106)47-23-19-20-24-47/h44-57,61-63H,13-43H2,1-12H3,(H,84,96)(H,85,99)(H,86,100)/t44-,45?,46?,48?,49+,50?,51?,52-,53-,54-,55-,56-,57-,61?,62-,63-/m0/s1. The molecule has 612 valence electrons. The molecule has 7 rings (SSSR count). The van der Waals surface area contributed by atoms with Gasteiger partial charge in [0.1, 0.15) is 72.1 Å². The van der Waals surface area contributed by atoms with Gasteiger partial charge in [0.15, 0.2) is 0 Å². The van der Waals surface area contributed by atoms with Gasteiger partial charge in [-0.2, -0.15) is 26.3 Å². The van der Waals surface area contributed by atoms with E-state index in [4.69, 9.17) is 4.74 Å². The number of carbonyl (C=O) groups is 12. The summed E-state index contributed by atoms with van der Waals surface area (Å²) in [5.74, 6) is -16.5. The van der Waals surface area contributed by atoms with Crippen molar-refractivity contribution in [1.29, 1.82) is 0 Å². The lowest BCUT2D eigenvalue weighted by atomic mass is 9.74. The van der Waals surface area contributed by atoms with Gasteiger partial charge in [0.05, 0.1) is 31.5 Å². The average molecular weight is 1550 g/mol. The second kappa shape index (κ2) is 38.3. The van der Waals surface area contributed by atoms with Crippen LogP contribution >= 0.6 is 0 Å². The molecule has 0 aromatic heterocycles. The molecule has 3 aliphatic heterocycles. The van der Waals surface area contributed by atoms with E-state index in [0.717, 1.165) is 24.5 Å². The van der Waals surface area contributed by atoms with Gasteiger partial charge in [-0.3, -0.25) is 57.5 Å². The molecule has 2 bridgehead atoms. The fourth-order valence-corrected chi connectivity index (χ4v) is 17.5. The third kappa shape index (κ3) is 21.2. The number of nitrogens with zero attached hydrogens (tertiary/aromatic N) is 9. The molecule has 3 saturated heterocycles. The molecule has 108 heavy (non-hydrogen) atoms. The molecule has 3 N–H and O–H groups in total. The number of rotatable bonds is 14. The van der Waals surface area contributed by atoms with Gasteiger partial charge in [-0.1, -0.05) is 59.8 Å². The van der Waals surface area contributed by atoms with Gasteiger partial charge in [-0.05, 0) is 146 Å². The van der Waals surface area contributed by atoms with Gasteiger partial charge in [0, 0.05) is 82.0 Å². The lowest BCUT2D eigenvalue weighted by Crippen LogP contribution is -2.68. The Labute approximate surface area is 630 Å². The van der Waals surface area contributed by atoms with Crippen molar-refractivity contribution < 1.29 is 97.4 Å². The highest BCUT2D eigenvalue weighted by Gasteiger charge is 2.56. The fourth-order valence-electron chi connectivity index (χ4n) is 17.5. The van der Waals surface area contributed by atoms with Crippen LogP contribution in [0.4, 0.5) is 35.1 Å². The first-order valence-electron chi connectivity index (χ1n) is 39.1. The second-order valence-electron chi connectivity index (χ2n) is 31.9. The van der Waals surface area contributed by atoms with E-state index in [1.54, 1.807) is 34.6 Å². The molecule has 4 aliphatic carbocycles. The van der Waals surface area contributed by atoms with E-state index in [1.807, 2.05) is 0 Å². The highest BCUT2D eigenvalue weighted by atomic mass is 19.4. The van der Waals surface area contributed by atoms with Gasteiger partial charge in [0.25, 0.3) is 0 Å². The number of halogens is 8. The van der Waals surface area contributed by atoms with Crippen molar-refractivity contribution in [3.8, 4) is 0 Å². The van der Waals surface area contributed by atoms with Crippen LogP contribution < -0.4 is 16.0 Å². The summed E-state index contributed by atoms with van der Waals surface area (Å²) in [6.45, 7) is 6.73. The molecule has 3 heterocycles. The predicted octanol–water partition coefficient (Wildman–Crippen LogP) is 6.72. The lowest BCUT2D eigenvalue weighted by molar-refractivity contribution is -0.219. The quantitative estimate of drug-likeness (QED) is 0.153. The van der Waals surface area contributed by atoms with Crippen molar-refractivity contribution >= 4 is 70.9 Å². The maximum atomic E-state index is 15.8. The van der Waals surface area contributed by atoms with E-state index < -0.39 is 230 Å². The van der Waals surface area contributed by atoms with Crippen LogP contribution in [0.3, 0.4) is 0 Å². The van der Waals surface area contributed by atoms with Crippen molar-refractivity contribution in [2.45, 2.75) is 280 Å². The number of fused-ring (bicyclic) bond motifs is 3. The largest absolute Gasteiger partial charge is 0.397 e. The zero-order valence-corrected chi connectivity index (χ0v) is 65.1. The number of hydrogen-bond acceptors (Lipinski definition) is 13. The molecule has 12 atom stereocenters. The summed E-state index contributed by atoms with van der Waals surface area (Å²) in [7, 11) is 9.63. The maximum Gasteiger partial charge on any atom is 0.397 e. The highest BCUT2D eigenvalue weighted by Crippen LogP contribution is 2.46. The topological polar surface area (TPSA) is 279 Å². The van der Waals surface area contributed by atoms with Crippen molar-refractivity contribution in [2.24, 2.45) is 35.5 Å². The van der Waals surface area contributed by atoms with Crippen LogP contribution in [-0.2, 0) is 62.3 Å². The van der Waals surface area contributed by atoms with Crippen LogP contribution in [0, 0.1) is 35.5 Å². The Balaban J connectivity index is 1.33. The van der Waals surface area contributed by atoms with Gasteiger partial charge in [-0.25, -0.2) is 8.78 Å². The summed E-state index contributed by atoms with van der Waals surface area (Å²) in [6.07, 6.45) is -14.9. The molecule has 2 unspecified atom stereocenters. The predicted molar refractivity (Wildman–Crippen MR) is 381 cm³/mol. The number of alkyl halides is 8. The number of likely N-dealkylation sites (N-methyl/N-ethyl adjacent to an activating group) is 6. The van der Waals surface area contributed by atoms with E-state index in [2.05, 4.69) is 16.0 Å². The number of hydrogen-bond donors (Lipinski definition) is 3. The minimum atomic E-state index is -5.21. The molecule has 25 nitrogen and oxygen atoms in total. The molecule has 0 aromatic carbocycles. The van der Waals surface area contributed by atoms with E-state index in [-0.39, 0.29) is 103 Å². The van der Waals surface area contributed by atoms with Crippen molar-refractivity contribution in [3.05, 3.63) is 0 Å². The summed E-state index contributed by atoms with van der Waals surface area (Å²) in [5.41, 5.74) is -1.69. The molecule has 4 saturated carbocycles. The molecular formula is C75H118F8N12O13. The molecule has 0 radical (unpaired) electrons. The van der Waals surface area contributed by atoms with Gasteiger partial charge < -0.3 is 64.8 Å². The van der Waals surface area contributed by atoms with Gasteiger partial charge >= 0.3 is 12.4 Å². The molecular weight excluding hydrogens is 1430 g/mol. The SMILES string of the molecule is CCCN1C(=O)[C@H](C2CCCC2)N(C)C(=O)C2(CCC2)NC(=O)[C@@H]2C[C@@H](OCC)CN2C(=O)[C@H](CCC2CC(F)C(C(F)(F)F)C(F)C2)NC(=O)CN(C)C(=O)[C@H](CC2CCC(C(F)(F)F)CC2)N2CCCCC[C@@H](C2=O)N(C)C(=O)CN(C)C(=O)[C@H]([C@@H](C)CC)NC(=O)[C@H](CC)N(C)C(=O)C[C@H]1C(=O)N(C)C. The van der Waals surface area contributed by atoms with Crippen molar-refractivity contribution in [1.82, 2.24) is 60.0 Å². The van der Waals surface area contributed by atoms with Crippen molar-refractivity contribution in [2.75, 3.05) is 88.7 Å². The normalized spacial score (nSPS) is 31.8. The first kappa shape index (κ1) is 88.3. The number of carbonyl (C=O) groups excluding carboxylic acids is 12. The summed E-state index contributed by atoms with van der Waals surface area (Å²) < 4.78 is 121. The third-order valence-corrected chi connectivity index (χ3v) is 24.2. The van der Waals surface area contributed by atoms with Crippen LogP contribution in [-0.4, -0.2) is 288 Å². The Morgan fingerprint density at radius 3 is 1.80 bits per heavy atom. The minimum Gasteiger partial charge on any atom is -0.377 e. The van der Waals surface area contributed by atoms with Gasteiger partial charge in [0.2, 0.25) is 70.9 Å². The van der Waals surface area contributed by atoms with Crippen molar-refractivity contribution in [3.63, 3.8) is 0 Å². The molecule has 0 aromatic rings. The number of ether oxygens (including phenoxy) is 1. The zero-order chi connectivity index (χ0) is 80.2.